The van der Waals surface area contributed by atoms with Crippen molar-refractivity contribution >= 4 is 24.7 Å². The zero-order valence-electron chi connectivity index (χ0n) is 19.7. The monoisotopic (exact) mass is 415 g/mol. The van der Waals surface area contributed by atoms with Gasteiger partial charge in [-0.15, -0.1) is 0 Å². The Morgan fingerprint density at radius 1 is 1.27 bits per heavy atom. The molecule has 1 aromatic rings. The summed E-state index contributed by atoms with van der Waals surface area (Å²) in [5.74, 6) is 0.254. The minimum absolute atomic E-state index is 0.0369. The van der Waals surface area contributed by atoms with Gasteiger partial charge in [0.2, 0.25) is 5.84 Å². The quantitative estimate of drug-likeness (QED) is 0.286. The van der Waals surface area contributed by atoms with E-state index in [2.05, 4.69) is 27.2 Å². The number of hydrogen-bond donors (Lipinski definition) is 1. The maximum absolute atomic E-state index is 13.0. The SMILES string of the molecule is C=NC(=N\OCCNC)/C(N=CC)=C(/C)CN(C)C(=O)c1c(C)cccc1C.CC. The lowest BCUT2D eigenvalue weighted by Gasteiger charge is -2.21. The molecule has 1 amide bonds. The van der Waals surface area contributed by atoms with Gasteiger partial charge in [-0.05, 0) is 58.2 Å². The molecule has 0 unspecified atom stereocenters. The number of oxime groups is 1. The van der Waals surface area contributed by atoms with Gasteiger partial charge in [0.25, 0.3) is 5.91 Å². The molecule has 0 fully saturated rings. The first-order valence-electron chi connectivity index (χ1n) is 10.2. The van der Waals surface area contributed by atoms with Crippen molar-refractivity contribution in [2.24, 2.45) is 15.1 Å². The third kappa shape index (κ3) is 8.29. The van der Waals surface area contributed by atoms with Crippen molar-refractivity contribution in [3.63, 3.8) is 0 Å². The summed E-state index contributed by atoms with van der Waals surface area (Å²) in [7, 11) is 3.60. The van der Waals surface area contributed by atoms with Gasteiger partial charge in [0, 0.05) is 31.9 Å². The number of nitrogens with one attached hydrogen (secondary N) is 1. The summed E-state index contributed by atoms with van der Waals surface area (Å²) in [5.41, 5.74) is 4.02. The van der Waals surface area contributed by atoms with Gasteiger partial charge in [-0.25, -0.2) is 4.99 Å². The van der Waals surface area contributed by atoms with Crippen molar-refractivity contribution in [2.45, 2.75) is 41.5 Å². The summed E-state index contributed by atoms with van der Waals surface area (Å²) >= 11 is 0. The van der Waals surface area contributed by atoms with Gasteiger partial charge in [0.05, 0.1) is 0 Å². The minimum Gasteiger partial charge on any atom is -0.393 e. The molecule has 0 bridgehead atoms. The van der Waals surface area contributed by atoms with Crippen LogP contribution in [0.2, 0.25) is 0 Å². The number of nitrogens with zero attached hydrogens (tertiary/aromatic N) is 4. The molecule has 0 saturated heterocycles. The molecule has 0 aliphatic rings. The Morgan fingerprint density at radius 3 is 2.37 bits per heavy atom. The highest BCUT2D eigenvalue weighted by atomic mass is 16.6. The van der Waals surface area contributed by atoms with E-state index in [-0.39, 0.29) is 5.91 Å². The highest BCUT2D eigenvalue weighted by Gasteiger charge is 2.18. The molecule has 1 N–H and O–H groups in total. The van der Waals surface area contributed by atoms with E-state index in [1.165, 1.54) is 0 Å². The molecule has 166 valence electrons. The Morgan fingerprint density at radius 2 is 1.87 bits per heavy atom. The van der Waals surface area contributed by atoms with Crippen molar-refractivity contribution in [1.29, 1.82) is 0 Å². The number of carbonyl (C=O) groups is 1. The number of hydrogen-bond acceptors (Lipinski definition) is 5. The van der Waals surface area contributed by atoms with Gasteiger partial charge in [0.15, 0.2) is 0 Å². The predicted molar refractivity (Wildman–Crippen MR) is 128 cm³/mol. The van der Waals surface area contributed by atoms with Crippen LogP contribution in [0, 0.1) is 13.8 Å². The van der Waals surface area contributed by atoms with Crippen LogP contribution in [0.1, 0.15) is 49.2 Å². The van der Waals surface area contributed by atoms with Crippen molar-refractivity contribution in [3.05, 3.63) is 46.2 Å². The summed E-state index contributed by atoms with van der Waals surface area (Å²) in [5, 5.41) is 7.00. The average Bonchev–Trinajstić information content (AvgIpc) is 2.73. The van der Waals surface area contributed by atoms with Crippen LogP contribution in [0.25, 0.3) is 0 Å². The Hall–Kier alpha value is -2.80. The van der Waals surface area contributed by atoms with E-state index in [0.29, 0.717) is 31.2 Å². The Bertz CT molecular complexity index is 762. The fourth-order valence-corrected chi connectivity index (χ4v) is 2.73. The van der Waals surface area contributed by atoms with Crippen LogP contribution in [0.15, 0.2) is 44.6 Å². The van der Waals surface area contributed by atoms with Gasteiger partial charge >= 0.3 is 0 Å². The van der Waals surface area contributed by atoms with Crippen LogP contribution in [-0.2, 0) is 4.84 Å². The molecule has 7 heteroatoms. The molecule has 0 atom stereocenters. The molecule has 0 aromatic heterocycles. The molecule has 0 saturated carbocycles. The third-order valence-electron chi connectivity index (χ3n) is 4.13. The summed E-state index contributed by atoms with van der Waals surface area (Å²) in [6.07, 6.45) is 1.65. The fraction of sp³-hybridized carbons (Fsp3) is 0.478. The normalized spacial score (nSPS) is 12.1. The zero-order valence-corrected chi connectivity index (χ0v) is 19.7. The first-order valence-corrected chi connectivity index (χ1v) is 10.2. The van der Waals surface area contributed by atoms with Crippen LogP contribution in [0.3, 0.4) is 0 Å². The van der Waals surface area contributed by atoms with Crippen molar-refractivity contribution in [1.82, 2.24) is 10.2 Å². The lowest BCUT2D eigenvalue weighted by Crippen LogP contribution is -2.30. The molecular weight excluding hydrogens is 378 g/mol. The maximum atomic E-state index is 13.0. The number of benzene rings is 1. The van der Waals surface area contributed by atoms with Crippen LogP contribution in [-0.4, -0.2) is 63.4 Å². The number of amides is 1. The van der Waals surface area contributed by atoms with E-state index in [4.69, 9.17) is 4.84 Å². The molecular formula is C23H37N5O2. The molecule has 7 nitrogen and oxygen atoms in total. The zero-order chi connectivity index (χ0) is 23.1. The van der Waals surface area contributed by atoms with E-state index in [0.717, 1.165) is 22.3 Å². The second-order valence-electron chi connectivity index (χ2n) is 6.45. The second-order valence-corrected chi connectivity index (χ2v) is 6.45. The molecule has 1 rings (SSSR count). The first-order chi connectivity index (χ1) is 14.4. The van der Waals surface area contributed by atoms with Gasteiger partial charge in [-0.2, -0.15) is 0 Å². The second kappa shape index (κ2) is 15.1. The molecule has 1 aromatic carbocycles. The van der Waals surface area contributed by atoms with Crippen molar-refractivity contribution < 1.29 is 9.63 Å². The lowest BCUT2D eigenvalue weighted by atomic mass is 10.0. The minimum atomic E-state index is -0.0369. The van der Waals surface area contributed by atoms with Crippen LogP contribution >= 0.6 is 0 Å². The molecule has 0 aliphatic carbocycles. The Balaban J connectivity index is 0.00000407. The number of aryl methyl sites for hydroxylation is 2. The number of carbonyl (C=O) groups excluding carboxylic acids is 1. The summed E-state index contributed by atoms with van der Waals surface area (Å²) in [6.45, 7) is 16.6. The van der Waals surface area contributed by atoms with Crippen LogP contribution in [0.4, 0.5) is 0 Å². The topological polar surface area (TPSA) is 78.7 Å². The Kier molecular flexibility index (Phi) is 13.7. The van der Waals surface area contributed by atoms with Crippen molar-refractivity contribution in [2.75, 3.05) is 33.8 Å². The summed E-state index contributed by atoms with van der Waals surface area (Å²) in [6, 6.07) is 5.84. The highest BCUT2D eigenvalue weighted by Crippen LogP contribution is 2.17. The van der Waals surface area contributed by atoms with E-state index in [1.54, 1.807) is 25.1 Å². The van der Waals surface area contributed by atoms with E-state index in [1.807, 2.05) is 59.9 Å². The number of likely N-dealkylation sites (N-methyl/N-ethyl adjacent to an activating group) is 2. The standard InChI is InChI=1S/C21H31N5O2.C2H6/c1-8-24-19(20(23-6)25-28-13-12-22-5)17(4)14-26(7)21(27)18-15(2)10-9-11-16(18)3;1-2/h8-11,22H,6,12-14H2,1-5,7H3;1-2H3/b19-17+,24-8?,25-20-;. The summed E-state index contributed by atoms with van der Waals surface area (Å²) < 4.78 is 0. The molecule has 0 radical (unpaired) electrons. The lowest BCUT2D eigenvalue weighted by molar-refractivity contribution is 0.0805. The van der Waals surface area contributed by atoms with Gasteiger partial charge in [-0.1, -0.05) is 37.2 Å². The van der Waals surface area contributed by atoms with Gasteiger partial charge < -0.3 is 15.1 Å². The number of amidine groups is 1. The van der Waals surface area contributed by atoms with E-state index in [9.17, 15) is 4.79 Å². The van der Waals surface area contributed by atoms with Crippen LogP contribution < -0.4 is 5.32 Å². The van der Waals surface area contributed by atoms with Crippen LogP contribution in [0.5, 0.6) is 0 Å². The van der Waals surface area contributed by atoms with Crippen molar-refractivity contribution in [3.8, 4) is 0 Å². The number of aliphatic imine (C=N–C) groups is 2. The largest absolute Gasteiger partial charge is 0.393 e. The Labute approximate surface area is 181 Å². The first kappa shape index (κ1) is 27.2. The molecule has 0 spiro atoms. The smallest absolute Gasteiger partial charge is 0.254 e. The van der Waals surface area contributed by atoms with E-state index >= 15 is 0 Å². The highest BCUT2D eigenvalue weighted by molar-refractivity contribution is 6.02. The third-order valence-corrected chi connectivity index (χ3v) is 4.13. The van der Waals surface area contributed by atoms with E-state index < -0.39 is 0 Å². The molecule has 0 aliphatic heterocycles. The maximum Gasteiger partial charge on any atom is 0.254 e. The summed E-state index contributed by atoms with van der Waals surface area (Å²) in [4.78, 5) is 28.2. The predicted octanol–water partition coefficient (Wildman–Crippen LogP) is 4.02. The van der Waals surface area contributed by atoms with Gasteiger partial charge in [0.1, 0.15) is 12.3 Å². The average molecular weight is 416 g/mol. The molecule has 30 heavy (non-hydrogen) atoms. The molecule has 0 heterocycles. The number of rotatable bonds is 9. The van der Waals surface area contributed by atoms with Gasteiger partial charge in [-0.3, -0.25) is 9.79 Å². The fourth-order valence-electron chi connectivity index (χ4n) is 2.73.